The Labute approximate surface area is 129 Å². The summed E-state index contributed by atoms with van der Waals surface area (Å²) in [4.78, 5) is 13.2. The largest absolute Gasteiger partial charge is 0.377 e. The fourth-order valence-electron chi connectivity index (χ4n) is 3.06. The molecule has 0 unspecified atom stereocenters. The highest BCUT2D eigenvalue weighted by atomic mass is 16.6. The van der Waals surface area contributed by atoms with Crippen molar-refractivity contribution in [3.8, 4) is 0 Å². The average molecular weight is 307 g/mol. The monoisotopic (exact) mass is 307 g/mol. The SMILES string of the molecule is O=[N+]([O-])c1ccc(N2CC[NH2+]CC2)cc1NC[C@H]1CCCO1. The lowest BCUT2D eigenvalue weighted by molar-refractivity contribution is -0.655. The molecule has 0 aliphatic carbocycles. The molecule has 0 aromatic heterocycles. The zero-order valence-electron chi connectivity index (χ0n) is 12.7. The normalized spacial score (nSPS) is 21.8. The second-order valence-electron chi connectivity index (χ2n) is 5.83. The Kier molecular flexibility index (Phi) is 4.74. The van der Waals surface area contributed by atoms with Gasteiger partial charge in [-0.15, -0.1) is 0 Å². The summed E-state index contributed by atoms with van der Waals surface area (Å²) in [6.07, 6.45) is 2.24. The van der Waals surface area contributed by atoms with Crippen molar-refractivity contribution in [2.45, 2.75) is 18.9 Å². The maximum absolute atomic E-state index is 11.2. The predicted molar refractivity (Wildman–Crippen MR) is 84.4 cm³/mol. The number of hydrogen-bond acceptors (Lipinski definition) is 5. The Balaban J connectivity index is 1.75. The number of nitrogens with two attached hydrogens (primary N) is 1. The number of rotatable bonds is 5. The molecule has 7 heteroatoms. The van der Waals surface area contributed by atoms with E-state index in [-0.39, 0.29) is 16.7 Å². The molecule has 2 heterocycles. The first-order valence-corrected chi connectivity index (χ1v) is 7.94. The lowest BCUT2D eigenvalue weighted by atomic mass is 10.2. The van der Waals surface area contributed by atoms with E-state index in [4.69, 9.17) is 4.74 Å². The third kappa shape index (κ3) is 3.48. The fourth-order valence-corrected chi connectivity index (χ4v) is 3.06. The van der Waals surface area contributed by atoms with Crippen molar-refractivity contribution in [3.63, 3.8) is 0 Å². The van der Waals surface area contributed by atoms with Gasteiger partial charge in [0, 0.05) is 24.9 Å². The number of nitrogens with zero attached hydrogens (tertiary/aromatic N) is 2. The second-order valence-corrected chi connectivity index (χ2v) is 5.83. The van der Waals surface area contributed by atoms with Crippen LogP contribution < -0.4 is 15.5 Å². The highest BCUT2D eigenvalue weighted by Gasteiger charge is 2.21. The Hall–Kier alpha value is -1.86. The van der Waals surface area contributed by atoms with E-state index in [0.29, 0.717) is 12.2 Å². The van der Waals surface area contributed by atoms with Crippen LogP contribution in [-0.2, 0) is 4.74 Å². The Bertz CT molecular complexity index is 526. The number of anilines is 2. The smallest absolute Gasteiger partial charge is 0.292 e. The fraction of sp³-hybridized carbons (Fsp3) is 0.600. The van der Waals surface area contributed by atoms with E-state index >= 15 is 0 Å². The lowest BCUT2D eigenvalue weighted by Crippen LogP contribution is -2.89. The topological polar surface area (TPSA) is 84.2 Å². The zero-order valence-corrected chi connectivity index (χ0v) is 12.7. The Morgan fingerprint density at radius 2 is 2.23 bits per heavy atom. The molecule has 2 aliphatic heterocycles. The van der Waals surface area contributed by atoms with Gasteiger partial charge in [0.05, 0.1) is 37.2 Å². The third-order valence-corrected chi connectivity index (χ3v) is 4.29. The van der Waals surface area contributed by atoms with E-state index < -0.39 is 0 Å². The molecule has 0 radical (unpaired) electrons. The molecule has 0 saturated carbocycles. The van der Waals surface area contributed by atoms with Crippen LogP contribution >= 0.6 is 0 Å². The summed E-state index contributed by atoms with van der Waals surface area (Å²) in [6, 6.07) is 5.35. The molecule has 22 heavy (non-hydrogen) atoms. The van der Waals surface area contributed by atoms with Crippen LogP contribution in [0.1, 0.15) is 12.8 Å². The summed E-state index contributed by atoms with van der Waals surface area (Å²) in [5, 5.41) is 16.7. The molecule has 3 N–H and O–H groups in total. The molecule has 2 saturated heterocycles. The van der Waals surface area contributed by atoms with Gasteiger partial charge in [0.15, 0.2) is 0 Å². The first-order valence-electron chi connectivity index (χ1n) is 7.94. The van der Waals surface area contributed by atoms with Crippen LogP contribution in [0.3, 0.4) is 0 Å². The summed E-state index contributed by atoms with van der Waals surface area (Å²) in [6.45, 7) is 5.49. The quantitative estimate of drug-likeness (QED) is 0.614. The van der Waals surface area contributed by atoms with Crippen molar-refractivity contribution in [2.24, 2.45) is 0 Å². The second kappa shape index (κ2) is 6.93. The third-order valence-electron chi connectivity index (χ3n) is 4.29. The van der Waals surface area contributed by atoms with Gasteiger partial charge >= 0.3 is 0 Å². The molecular weight excluding hydrogens is 284 g/mol. The first-order chi connectivity index (χ1) is 10.7. The van der Waals surface area contributed by atoms with E-state index in [1.807, 2.05) is 12.1 Å². The minimum absolute atomic E-state index is 0.130. The highest BCUT2D eigenvalue weighted by Crippen LogP contribution is 2.30. The number of nitro benzene ring substituents is 1. The van der Waals surface area contributed by atoms with Crippen molar-refractivity contribution in [1.29, 1.82) is 0 Å². The zero-order chi connectivity index (χ0) is 15.4. The first kappa shape index (κ1) is 15.1. The van der Waals surface area contributed by atoms with Crippen LogP contribution in [0.15, 0.2) is 18.2 Å². The van der Waals surface area contributed by atoms with E-state index in [1.165, 1.54) is 0 Å². The Morgan fingerprint density at radius 1 is 1.41 bits per heavy atom. The van der Waals surface area contributed by atoms with Gasteiger partial charge in [-0.1, -0.05) is 0 Å². The van der Waals surface area contributed by atoms with Crippen molar-refractivity contribution < 1.29 is 15.0 Å². The van der Waals surface area contributed by atoms with Gasteiger partial charge in [-0.2, -0.15) is 0 Å². The van der Waals surface area contributed by atoms with Crippen molar-refractivity contribution in [3.05, 3.63) is 28.3 Å². The number of quaternary nitrogens is 1. The minimum Gasteiger partial charge on any atom is -0.377 e. The molecular formula is C15H23N4O3+. The molecule has 120 valence electrons. The molecule has 0 amide bonds. The van der Waals surface area contributed by atoms with Crippen molar-refractivity contribution in [1.82, 2.24) is 0 Å². The van der Waals surface area contributed by atoms with E-state index in [1.54, 1.807) is 6.07 Å². The number of nitrogens with one attached hydrogen (secondary N) is 1. The molecule has 7 nitrogen and oxygen atoms in total. The molecule has 2 aliphatic rings. The summed E-state index contributed by atoms with van der Waals surface area (Å²) < 4.78 is 5.57. The minimum atomic E-state index is -0.328. The van der Waals surface area contributed by atoms with Gasteiger partial charge in [0.2, 0.25) is 0 Å². The maximum Gasteiger partial charge on any atom is 0.292 e. The predicted octanol–water partition coefficient (Wildman–Crippen LogP) is 0.569. The number of nitro groups is 1. The van der Waals surface area contributed by atoms with Gasteiger partial charge in [-0.25, -0.2) is 0 Å². The van der Waals surface area contributed by atoms with Crippen LogP contribution in [0.4, 0.5) is 17.1 Å². The number of hydrogen-bond donors (Lipinski definition) is 2. The summed E-state index contributed by atoms with van der Waals surface area (Å²) in [5.74, 6) is 0. The molecule has 0 spiro atoms. The summed E-state index contributed by atoms with van der Waals surface area (Å²) in [5.41, 5.74) is 1.77. The van der Waals surface area contributed by atoms with E-state index in [9.17, 15) is 10.1 Å². The summed E-state index contributed by atoms with van der Waals surface area (Å²) in [7, 11) is 0. The van der Waals surface area contributed by atoms with Gasteiger partial charge in [0.1, 0.15) is 5.69 Å². The van der Waals surface area contributed by atoms with Gasteiger partial charge in [-0.3, -0.25) is 10.1 Å². The van der Waals surface area contributed by atoms with Crippen molar-refractivity contribution >= 4 is 17.1 Å². The number of benzene rings is 1. The lowest BCUT2D eigenvalue weighted by Gasteiger charge is -2.27. The molecule has 1 aromatic carbocycles. The average Bonchev–Trinajstić information content (AvgIpc) is 3.07. The van der Waals surface area contributed by atoms with Crippen LogP contribution in [0.5, 0.6) is 0 Å². The van der Waals surface area contributed by atoms with E-state index in [0.717, 1.165) is 51.3 Å². The van der Waals surface area contributed by atoms with Crippen LogP contribution in [0.2, 0.25) is 0 Å². The number of piperazine rings is 1. The van der Waals surface area contributed by atoms with Crippen LogP contribution in [0, 0.1) is 10.1 Å². The summed E-state index contributed by atoms with van der Waals surface area (Å²) >= 11 is 0. The molecule has 3 rings (SSSR count). The van der Waals surface area contributed by atoms with E-state index in [2.05, 4.69) is 15.5 Å². The van der Waals surface area contributed by atoms with Gasteiger partial charge in [0.25, 0.3) is 5.69 Å². The van der Waals surface area contributed by atoms with Crippen LogP contribution in [0.25, 0.3) is 0 Å². The van der Waals surface area contributed by atoms with Gasteiger partial charge < -0.3 is 20.3 Å². The molecule has 1 atom stereocenters. The number of ether oxygens (including phenoxy) is 1. The molecule has 2 fully saturated rings. The van der Waals surface area contributed by atoms with Crippen LogP contribution in [-0.4, -0.2) is 50.4 Å². The highest BCUT2D eigenvalue weighted by molar-refractivity contribution is 5.69. The van der Waals surface area contributed by atoms with Gasteiger partial charge in [-0.05, 0) is 25.0 Å². The van der Waals surface area contributed by atoms with Crippen molar-refractivity contribution in [2.75, 3.05) is 49.5 Å². The maximum atomic E-state index is 11.2. The standard InChI is InChI=1S/C15H22N4O3/c20-19(21)15-4-3-12(18-7-5-16-6-8-18)10-14(15)17-11-13-2-1-9-22-13/h3-4,10,13,16-17H,1-2,5-9,11H2/p+1/t13-/m1/s1. The Morgan fingerprint density at radius 3 is 2.91 bits per heavy atom. The molecule has 1 aromatic rings. The molecule has 0 bridgehead atoms.